The number of aryl methyl sites for hydroxylation is 2. The van der Waals surface area contributed by atoms with Gasteiger partial charge < -0.3 is 0 Å². The molecule has 0 aliphatic carbocycles. The van der Waals surface area contributed by atoms with E-state index >= 15 is 0 Å². The van der Waals surface area contributed by atoms with Crippen LogP contribution in [-0.2, 0) is 6.66 Å². The molecule has 0 aliphatic heterocycles. The molecule has 2 rings (SSSR count). The van der Waals surface area contributed by atoms with E-state index < -0.39 is 0 Å². The molecule has 1 unspecified atom stereocenters. The van der Waals surface area contributed by atoms with E-state index in [1.807, 2.05) is 0 Å². The first-order chi connectivity index (χ1) is 6.79. The molecule has 0 saturated carbocycles. The molecule has 1 aromatic carbocycles. The smallest absolute Gasteiger partial charge is 0.0620 e. The van der Waals surface area contributed by atoms with Gasteiger partial charge in [0.25, 0.3) is 0 Å². The van der Waals surface area contributed by atoms with Crippen molar-refractivity contribution >= 4 is 7.53 Å². The van der Waals surface area contributed by atoms with Crippen LogP contribution in [0.3, 0.4) is 0 Å². The summed E-state index contributed by atoms with van der Waals surface area (Å²) in [5.41, 5.74) is 2.78. The van der Waals surface area contributed by atoms with E-state index in [1.54, 1.807) is 0 Å². The fraction of sp³-hybridized carbons (Fsp3) is 0.154. The maximum atomic E-state index is 2.30. The molecule has 2 aromatic rings. The lowest BCUT2D eigenvalue weighted by Crippen LogP contribution is -1.80. The highest BCUT2D eigenvalue weighted by Gasteiger charge is 2.11. The van der Waals surface area contributed by atoms with E-state index in [9.17, 15) is 0 Å². The standard InChI is InChI=1S/C13H14P/c1-11-7-3-4-8-12(11)13-9-5-6-10-14(13)2/h3-10H,1-2H3/q+1. The average Bonchev–Trinajstić information content (AvgIpc) is 2.20. The van der Waals surface area contributed by atoms with Gasteiger partial charge in [0.15, 0.2) is 5.30 Å². The summed E-state index contributed by atoms with van der Waals surface area (Å²) in [6.45, 7) is 4.48. The van der Waals surface area contributed by atoms with E-state index in [2.05, 4.69) is 61.9 Å². The Bertz CT molecular complexity index is 403. The predicted molar refractivity (Wildman–Crippen MR) is 64.7 cm³/mol. The van der Waals surface area contributed by atoms with Crippen molar-refractivity contribution < 1.29 is 0 Å². The number of benzene rings is 1. The first-order valence-electron chi connectivity index (χ1n) is 4.80. The minimum absolute atomic E-state index is 0.0983. The molecule has 1 aromatic heterocycles. The summed E-state index contributed by atoms with van der Waals surface area (Å²) in [7, 11) is -0.0983. The summed E-state index contributed by atoms with van der Waals surface area (Å²) in [4.78, 5) is 0. The number of hydrogen-bond donors (Lipinski definition) is 0. The summed E-state index contributed by atoms with van der Waals surface area (Å²) < 4.78 is 0. The molecule has 0 nitrogen and oxygen atoms in total. The van der Waals surface area contributed by atoms with Crippen molar-refractivity contribution in [3.8, 4) is 10.9 Å². The molecule has 0 saturated heterocycles. The highest BCUT2D eigenvalue weighted by atomic mass is 31.1. The second kappa shape index (κ2) is 3.94. The van der Waals surface area contributed by atoms with Crippen molar-refractivity contribution in [1.82, 2.24) is 0 Å². The van der Waals surface area contributed by atoms with Crippen LogP contribution in [0.25, 0.3) is 10.9 Å². The molecule has 0 bridgehead atoms. The fourth-order valence-electron chi connectivity index (χ4n) is 1.66. The average molecular weight is 201 g/mol. The Morgan fingerprint density at radius 2 is 1.64 bits per heavy atom. The Kier molecular flexibility index (Phi) is 2.65. The normalized spacial score (nSPS) is 11.4. The van der Waals surface area contributed by atoms with Gasteiger partial charge in [-0.25, -0.2) is 0 Å². The summed E-state index contributed by atoms with van der Waals surface area (Å²) in [5.74, 6) is 2.30. The molecule has 0 N–H and O–H groups in total. The van der Waals surface area contributed by atoms with Gasteiger partial charge in [0.1, 0.15) is 20.0 Å². The molecular weight excluding hydrogens is 187 g/mol. The third-order valence-corrected chi connectivity index (χ3v) is 4.25. The maximum absolute atomic E-state index is 2.30. The van der Waals surface area contributed by atoms with Gasteiger partial charge in [-0.15, -0.1) is 0 Å². The Hall–Kier alpha value is -1.13. The molecule has 70 valence electrons. The first kappa shape index (κ1) is 9.43. The summed E-state index contributed by atoms with van der Waals surface area (Å²) in [6, 6.07) is 15.1. The van der Waals surface area contributed by atoms with Crippen LogP contribution in [0, 0.1) is 6.92 Å². The van der Waals surface area contributed by atoms with Gasteiger partial charge in [0.2, 0.25) is 0 Å². The van der Waals surface area contributed by atoms with Crippen molar-refractivity contribution in [3.05, 3.63) is 53.8 Å². The Morgan fingerprint density at radius 3 is 2.36 bits per heavy atom. The predicted octanol–water partition coefficient (Wildman–Crippen LogP) is 4.47. The first-order valence-corrected chi connectivity index (χ1v) is 6.65. The fourth-order valence-corrected chi connectivity index (χ4v) is 3.13. The maximum Gasteiger partial charge on any atom is 0.155 e. The van der Waals surface area contributed by atoms with E-state index in [1.165, 1.54) is 16.4 Å². The van der Waals surface area contributed by atoms with Gasteiger partial charge >= 0.3 is 0 Å². The van der Waals surface area contributed by atoms with Gasteiger partial charge in [-0.2, -0.15) is 0 Å². The zero-order valence-electron chi connectivity index (χ0n) is 8.57. The van der Waals surface area contributed by atoms with Crippen molar-refractivity contribution in [3.63, 3.8) is 0 Å². The lowest BCUT2D eigenvalue weighted by molar-refractivity contribution is 1.47. The van der Waals surface area contributed by atoms with Gasteiger partial charge in [-0.1, -0.05) is 30.3 Å². The highest BCUT2D eigenvalue weighted by molar-refractivity contribution is 7.50. The number of hydrogen-bond acceptors (Lipinski definition) is 0. The second-order valence-corrected chi connectivity index (χ2v) is 5.51. The third kappa shape index (κ3) is 1.71. The molecule has 0 fully saturated rings. The molecule has 14 heavy (non-hydrogen) atoms. The molecule has 0 spiro atoms. The van der Waals surface area contributed by atoms with E-state index in [0.29, 0.717) is 0 Å². The van der Waals surface area contributed by atoms with Gasteiger partial charge in [0, 0.05) is 5.56 Å². The Morgan fingerprint density at radius 1 is 0.929 bits per heavy atom. The van der Waals surface area contributed by atoms with Crippen LogP contribution >= 0.6 is 7.53 Å². The summed E-state index contributed by atoms with van der Waals surface area (Å²) >= 11 is 0. The van der Waals surface area contributed by atoms with E-state index in [0.717, 1.165) is 0 Å². The van der Waals surface area contributed by atoms with Crippen LogP contribution in [0.1, 0.15) is 5.56 Å². The van der Waals surface area contributed by atoms with E-state index in [4.69, 9.17) is 0 Å². The monoisotopic (exact) mass is 201 g/mol. The molecule has 1 atom stereocenters. The molecule has 1 heterocycles. The minimum Gasteiger partial charge on any atom is -0.0620 e. The second-order valence-electron chi connectivity index (χ2n) is 3.51. The van der Waals surface area contributed by atoms with Crippen molar-refractivity contribution in [2.75, 3.05) is 0 Å². The largest absolute Gasteiger partial charge is 0.155 e. The van der Waals surface area contributed by atoms with Gasteiger partial charge in [-0.05, 0) is 24.6 Å². The molecular formula is C13H14P+. The van der Waals surface area contributed by atoms with Crippen LogP contribution in [0.15, 0.2) is 48.3 Å². The zero-order valence-corrected chi connectivity index (χ0v) is 9.46. The SMILES string of the molecule is Cc1ccccc1-c1cccc[p+]1C. The molecule has 0 amide bonds. The summed E-state index contributed by atoms with van der Waals surface area (Å²) in [6.07, 6.45) is 0. The third-order valence-electron chi connectivity index (χ3n) is 2.48. The lowest BCUT2D eigenvalue weighted by atomic mass is 10.1. The molecule has 0 radical (unpaired) electrons. The number of rotatable bonds is 1. The van der Waals surface area contributed by atoms with Crippen LogP contribution in [0.2, 0.25) is 0 Å². The quantitative estimate of drug-likeness (QED) is 0.638. The van der Waals surface area contributed by atoms with Crippen molar-refractivity contribution in [1.29, 1.82) is 0 Å². The van der Waals surface area contributed by atoms with Crippen LogP contribution in [-0.4, -0.2) is 0 Å². The van der Waals surface area contributed by atoms with Crippen molar-refractivity contribution in [2.24, 2.45) is 6.66 Å². The Balaban J connectivity index is 2.61. The van der Waals surface area contributed by atoms with Crippen LogP contribution < -0.4 is 0 Å². The zero-order chi connectivity index (χ0) is 9.97. The Labute approximate surface area is 86.3 Å². The van der Waals surface area contributed by atoms with Gasteiger partial charge in [0.05, 0.1) is 0 Å². The van der Waals surface area contributed by atoms with E-state index in [-0.39, 0.29) is 7.53 Å². The minimum atomic E-state index is -0.0983. The lowest BCUT2D eigenvalue weighted by Gasteiger charge is -2.01. The highest BCUT2D eigenvalue weighted by Crippen LogP contribution is 2.38. The topological polar surface area (TPSA) is 0 Å². The van der Waals surface area contributed by atoms with Gasteiger partial charge in [-0.3, -0.25) is 0 Å². The molecule has 0 aliphatic rings. The van der Waals surface area contributed by atoms with Crippen molar-refractivity contribution in [2.45, 2.75) is 6.92 Å². The van der Waals surface area contributed by atoms with Crippen LogP contribution in [0.4, 0.5) is 0 Å². The van der Waals surface area contributed by atoms with Crippen LogP contribution in [0.5, 0.6) is 0 Å². The molecule has 1 heteroatoms. The summed E-state index contributed by atoms with van der Waals surface area (Å²) in [5, 5.41) is 1.49.